The summed E-state index contributed by atoms with van der Waals surface area (Å²) in [6.45, 7) is 6.85. The Hall–Kier alpha value is -2.09. The van der Waals surface area contributed by atoms with E-state index in [1.807, 2.05) is 44.2 Å². The van der Waals surface area contributed by atoms with Crippen LogP contribution >= 0.6 is 0 Å². The maximum atomic E-state index is 11.8. The number of benzene rings is 2. The van der Waals surface area contributed by atoms with Crippen molar-refractivity contribution in [3.63, 3.8) is 0 Å². The maximum Gasteiger partial charge on any atom is 0.224 e. The van der Waals surface area contributed by atoms with Gasteiger partial charge in [-0.15, -0.1) is 0 Å². The minimum Gasteiger partial charge on any atom is -0.355 e. The number of carbonyl (C=O) groups is 1. The van der Waals surface area contributed by atoms with Crippen LogP contribution < -0.4 is 5.32 Å². The second kappa shape index (κ2) is 10.6. The highest BCUT2D eigenvalue weighted by atomic mass is 16.1. The van der Waals surface area contributed by atoms with Gasteiger partial charge in [0.1, 0.15) is 0 Å². The van der Waals surface area contributed by atoms with Crippen molar-refractivity contribution in [3.05, 3.63) is 71.3 Å². The first kappa shape index (κ1) is 18.0. The predicted molar refractivity (Wildman–Crippen MR) is 94.0 cm³/mol. The Balaban J connectivity index is 0.00000116. The van der Waals surface area contributed by atoms with Crippen molar-refractivity contribution in [2.24, 2.45) is 0 Å². The first-order valence-electron chi connectivity index (χ1n) is 8.16. The lowest BCUT2D eigenvalue weighted by Gasteiger charge is -2.06. The van der Waals surface area contributed by atoms with Crippen LogP contribution in [0.5, 0.6) is 0 Å². The molecule has 0 heterocycles. The van der Waals surface area contributed by atoms with E-state index in [2.05, 4.69) is 36.5 Å². The first-order chi connectivity index (χ1) is 10.8. The summed E-state index contributed by atoms with van der Waals surface area (Å²) in [6, 6.07) is 18.4. The summed E-state index contributed by atoms with van der Waals surface area (Å²) in [5.74, 6) is 0.0860. The third-order valence-electron chi connectivity index (χ3n) is 3.34. The van der Waals surface area contributed by atoms with Gasteiger partial charge in [-0.3, -0.25) is 4.79 Å². The highest BCUT2D eigenvalue weighted by Crippen LogP contribution is 2.06. The van der Waals surface area contributed by atoms with Crippen LogP contribution in [0, 0.1) is 0 Å². The van der Waals surface area contributed by atoms with E-state index in [-0.39, 0.29) is 5.91 Å². The van der Waals surface area contributed by atoms with Crippen LogP contribution in [0.1, 0.15) is 37.5 Å². The van der Waals surface area contributed by atoms with Crippen LogP contribution in [0.15, 0.2) is 54.6 Å². The van der Waals surface area contributed by atoms with Crippen molar-refractivity contribution in [3.8, 4) is 0 Å². The zero-order chi connectivity index (χ0) is 16.2. The van der Waals surface area contributed by atoms with Gasteiger partial charge in [0.05, 0.1) is 6.42 Å². The van der Waals surface area contributed by atoms with Crippen LogP contribution in [0.2, 0.25) is 0 Å². The Morgan fingerprint density at radius 2 is 1.55 bits per heavy atom. The number of hydrogen-bond acceptors (Lipinski definition) is 1. The lowest BCUT2D eigenvalue weighted by atomic mass is 10.1. The van der Waals surface area contributed by atoms with E-state index in [4.69, 9.17) is 0 Å². The Kier molecular flexibility index (Phi) is 8.66. The number of aryl methyl sites for hydroxylation is 1. The Bertz CT molecular complexity index is 549. The lowest BCUT2D eigenvalue weighted by molar-refractivity contribution is -0.120. The van der Waals surface area contributed by atoms with Crippen molar-refractivity contribution in [2.75, 3.05) is 6.54 Å². The Labute approximate surface area is 134 Å². The molecule has 0 aliphatic carbocycles. The van der Waals surface area contributed by atoms with Gasteiger partial charge in [0.2, 0.25) is 5.91 Å². The standard InChI is InChI=1S/C18H21NO.C2H6/c1-2-15-9-6-10-17(13-15)11-12-19-18(20)14-16-7-4-3-5-8-16;1-2/h3-10,13H,2,11-12,14H2,1H3,(H,19,20);1-2H3. The molecule has 118 valence electrons. The summed E-state index contributed by atoms with van der Waals surface area (Å²) in [4.78, 5) is 11.8. The van der Waals surface area contributed by atoms with E-state index in [9.17, 15) is 4.79 Å². The summed E-state index contributed by atoms with van der Waals surface area (Å²) in [5.41, 5.74) is 3.68. The molecule has 2 nitrogen and oxygen atoms in total. The average molecular weight is 297 g/mol. The Morgan fingerprint density at radius 3 is 2.23 bits per heavy atom. The molecular weight excluding hydrogens is 270 g/mol. The minimum absolute atomic E-state index is 0.0860. The van der Waals surface area contributed by atoms with Gasteiger partial charge in [0.25, 0.3) is 0 Å². The number of hydrogen-bond donors (Lipinski definition) is 1. The van der Waals surface area contributed by atoms with Crippen molar-refractivity contribution in [2.45, 2.75) is 40.0 Å². The van der Waals surface area contributed by atoms with E-state index in [1.54, 1.807) is 0 Å². The highest BCUT2D eigenvalue weighted by molar-refractivity contribution is 5.78. The molecular formula is C20H27NO. The molecule has 0 spiro atoms. The number of amides is 1. The third kappa shape index (κ3) is 6.57. The van der Waals surface area contributed by atoms with Gasteiger partial charge < -0.3 is 5.32 Å². The molecule has 0 aromatic heterocycles. The quantitative estimate of drug-likeness (QED) is 0.851. The fourth-order valence-corrected chi connectivity index (χ4v) is 2.20. The summed E-state index contributed by atoms with van der Waals surface area (Å²) in [6.07, 6.45) is 2.39. The van der Waals surface area contributed by atoms with Gasteiger partial charge in [0, 0.05) is 6.54 Å². The molecule has 2 aromatic carbocycles. The van der Waals surface area contributed by atoms with Crippen molar-refractivity contribution in [1.82, 2.24) is 5.32 Å². The molecule has 0 unspecified atom stereocenters. The van der Waals surface area contributed by atoms with Gasteiger partial charge in [-0.1, -0.05) is 75.4 Å². The SMILES string of the molecule is CC.CCc1cccc(CCNC(=O)Cc2ccccc2)c1. The molecule has 2 rings (SSSR count). The van der Waals surface area contributed by atoms with Gasteiger partial charge >= 0.3 is 0 Å². The maximum absolute atomic E-state index is 11.8. The highest BCUT2D eigenvalue weighted by Gasteiger charge is 2.02. The van der Waals surface area contributed by atoms with Gasteiger partial charge in [-0.25, -0.2) is 0 Å². The number of nitrogens with one attached hydrogen (secondary N) is 1. The second-order valence-electron chi connectivity index (χ2n) is 4.94. The third-order valence-corrected chi connectivity index (χ3v) is 3.34. The topological polar surface area (TPSA) is 29.1 Å². The molecule has 0 radical (unpaired) electrons. The predicted octanol–water partition coefficient (Wildman–Crippen LogP) is 4.18. The van der Waals surface area contributed by atoms with Gasteiger partial charge in [0.15, 0.2) is 0 Å². The Morgan fingerprint density at radius 1 is 0.909 bits per heavy atom. The molecule has 22 heavy (non-hydrogen) atoms. The molecule has 2 heteroatoms. The molecule has 0 aliphatic heterocycles. The van der Waals surface area contributed by atoms with E-state index in [0.717, 1.165) is 18.4 Å². The molecule has 0 atom stereocenters. The van der Waals surface area contributed by atoms with E-state index < -0.39 is 0 Å². The fourth-order valence-electron chi connectivity index (χ4n) is 2.20. The zero-order valence-electron chi connectivity index (χ0n) is 13.9. The van der Waals surface area contributed by atoms with E-state index in [1.165, 1.54) is 11.1 Å². The monoisotopic (exact) mass is 297 g/mol. The summed E-state index contributed by atoms with van der Waals surface area (Å²) in [5, 5.41) is 2.98. The van der Waals surface area contributed by atoms with Crippen LogP contribution in [0.3, 0.4) is 0 Å². The molecule has 2 aromatic rings. The number of carbonyl (C=O) groups excluding carboxylic acids is 1. The molecule has 0 saturated carbocycles. The van der Waals surface area contributed by atoms with Crippen LogP contribution in [-0.4, -0.2) is 12.5 Å². The summed E-state index contributed by atoms with van der Waals surface area (Å²) >= 11 is 0. The fraction of sp³-hybridized carbons (Fsp3) is 0.350. The molecule has 0 saturated heterocycles. The summed E-state index contributed by atoms with van der Waals surface area (Å²) < 4.78 is 0. The molecule has 0 fully saturated rings. The first-order valence-corrected chi connectivity index (χ1v) is 8.16. The average Bonchev–Trinajstić information content (AvgIpc) is 2.58. The van der Waals surface area contributed by atoms with Crippen LogP contribution in [0.4, 0.5) is 0 Å². The number of rotatable bonds is 6. The van der Waals surface area contributed by atoms with E-state index in [0.29, 0.717) is 13.0 Å². The minimum atomic E-state index is 0.0860. The van der Waals surface area contributed by atoms with E-state index >= 15 is 0 Å². The van der Waals surface area contributed by atoms with Crippen LogP contribution in [0.25, 0.3) is 0 Å². The van der Waals surface area contributed by atoms with Gasteiger partial charge in [-0.05, 0) is 29.5 Å². The smallest absolute Gasteiger partial charge is 0.224 e. The molecule has 0 bridgehead atoms. The van der Waals surface area contributed by atoms with Crippen molar-refractivity contribution >= 4 is 5.91 Å². The van der Waals surface area contributed by atoms with Crippen LogP contribution in [-0.2, 0) is 24.1 Å². The van der Waals surface area contributed by atoms with Crippen molar-refractivity contribution < 1.29 is 4.79 Å². The zero-order valence-corrected chi connectivity index (χ0v) is 13.9. The lowest BCUT2D eigenvalue weighted by Crippen LogP contribution is -2.27. The molecule has 1 N–H and O–H groups in total. The van der Waals surface area contributed by atoms with Gasteiger partial charge in [-0.2, -0.15) is 0 Å². The normalized spacial score (nSPS) is 9.59. The molecule has 0 aliphatic rings. The molecule has 1 amide bonds. The van der Waals surface area contributed by atoms with Crippen molar-refractivity contribution in [1.29, 1.82) is 0 Å². The second-order valence-corrected chi connectivity index (χ2v) is 4.94. The largest absolute Gasteiger partial charge is 0.355 e. The summed E-state index contributed by atoms with van der Waals surface area (Å²) in [7, 11) is 0.